The van der Waals surface area contributed by atoms with E-state index in [4.69, 9.17) is 16.7 Å². The zero-order valence-corrected chi connectivity index (χ0v) is 13.5. The van der Waals surface area contributed by atoms with Gasteiger partial charge in [0.1, 0.15) is 0 Å². The van der Waals surface area contributed by atoms with E-state index in [9.17, 15) is 9.59 Å². The van der Waals surface area contributed by atoms with Crippen molar-refractivity contribution < 1.29 is 14.7 Å². The molecule has 0 saturated carbocycles. The molecule has 8 heteroatoms. The Balaban J connectivity index is 1.87. The van der Waals surface area contributed by atoms with Crippen LogP contribution < -0.4 is 5.32 Å². The van der Waals surface area contributed by atoms with Gasteiger partial charge in [0.05, 0.1) is 11.6 Å². The van der Waals surface area contributed by atoms with Crippen molar-refractivity contribution in [2.24, 2.45) is 0 Å². The number of hydrogen-bond acceptors (Lipinski definition) is 3. The first-order valence-electron chi connectivity index (χ1n) is 6.41. The molecule has 0 spiro atoms. The second kappa shape index (κ2) is 7.11. The van der Waals surface area contributed by atoms with Crippen LogP contribution in [-0.4, -0.2) is 59.6 Å². The summed E-state index contributed by atoms with van der Waals surface area (Å²) in [5, 5.41) is 12.0. The zero-order valence-electron chi connectivity index (χ0n) is 11.2. The fourth-order valence-electron chi connectivity index (χ4n) is 2.08. The molecule has 0 aromatic heterocycles. The van der Waals surface area contributed by atoms with Crippen molar-refractivity contribution in [1.29, 1.82) is 0 Å². The van der Waals surface area contributed by atoms with Crippen molar-refractivity contribution in [2.75, 3.05) is 38.0 Å². The molecule has 6 nitrogen and oxygen atoms in total. The standard InChI is InChI=1S/C13H15BrClN3O3/c14-10-2-1-9(7-11(10)15)16-13(21)18-5-3-17(4-6-18)8-12(19)20/h1-2,7H,3-6,8H2,(H,16,21)(H,19,20). The van der Waals surface area contributed by atoms with Gasteiger partial charge in [0.2, 0.25) is 0 Å². The highest BCUT2D eigenvalue weighted by molar-refractivity contribution is 9.10. The number of halogens is 2. The number of rotatable bonds is 3. The number of hydrogen-bond donors (Lipinski definition) is 2. The molecule has 0 unspecified atom stereocenters. The summed E-state index contributed by atoms with van der Waals surface area (Å²) < 4.78 is 0.768. The number of carbonyl (C=O) groups is 2. The predicted molar refractivity (Wildman–Crippen MR) is 83.8 cm³/mol. The van der Waals surface area contributed by atoms with E-state index >= 15 is 0 Å². The van der Waals surface area contributed by atoms with Gasteiger partial charge in [0.25, 0.3) is 0 Å². The highest BCUT2D eigenvalue weighted by atomic mass is 79.9. The minimum Gasteiger partial charge on any atom is -0.480 e. The summed E-state index contributed by atoms with van der Waals surface area (Å²) in [5.74, 6) is -0.850. The van der Waals surface area contributed by atoms with Crippen LogP contribution in [-0.2, 0) is 4.79 Å². The largest absolute Gasteiger partial charge is 0.480 e. The molecule has 114 valence electrons. The van der Waals surface area contributed by atoms with Gasteiger partial charge in [-0.2, -0.15) is 0 Å². The molecule has 1 aromatic carbocycles. The van der Waals surface area contributed by atoms with Crippen LogP contribution >= 0.6 is 27.5 Å². The Bertz CT molecular complexity index is 547. The number of benzene rings is 1. The van der Waals surface area contributed by atoms with Crippen LogP contribution in [0.25, 0.3) is 0 Å². The third-order valence-electron chi connectivity index (χ3n) is 3.19. The third kappa shape index (κ3) is 4.59. The lowest BCUT2D eigenvalue weighted by Gasteiger charge is -2.33. The summed E-state index contributed by atoms with van der Waals surface area (Å²) in [6, 6.07) is 4.99. The zero-order chi connectivity index (χ0) is 15.4. The van der Waals surface area contributed by atoms with E-state index in [0.717, 1.165) is 4.47 Å². The van der Waals surface area contributed by atoms with Gasteiger partial charge in [-0.05, 0) is 34.1 Å². The number of aliphatic carboxylic acids is 1. The quantitative estimate of drug-likeness (QED) is 0.849. The fraction of sp³-hybridized carbons (Fsp3) is 0.385. The maximum absolute atomic E-state index is 12.1. The van der Waals surface area contributed by atoms with Crippen molar-refractivity contribution in [1.82, 2.24) is 9.80 Å². The summed E-state index contributed by atoms with van der Waals surface area (Å²) in [6.07, 6.45) is 0. The molecule has 1 aromatic rings. The lowest BCUT2D eigenvalue weighted by Crippen LogP contribution is -2.51. The number of nitrogens with one attached hydrogen (secondary N) is 1. The van der Waals surface area contributed by atoms with E-state index in [1.54, 1.807) is 23.1 Å². The van der Waals surface area contributed by atoms with Crippen LogP contribution in [0.15, 0.2) is 22.7 Å². The van der Waals surface area contributed by atoms with Gasteiger partial charge in [0.15, 0.2) is 0 Å². The molecule has 2 rings (SSSR count). The van der Waals surface area contributed by atoms with E-state index in [1.165, 1.54) is 0 Å². The van der Waals surface area contributed by atoms with Gasteiger partial charge in [0, 0.05) is 36.3 Å². The molecule has 1 fully saturated rings. The second-order valence-corrected chi connectivity index (χ2v) is 5.98. The second-order valence-electron chi connectivity index (χ2n) is 4.72. The van der Waals surface area contributed by atoms with Crippen LogP contribution in [0, 0.1) is 0 Å². The van der Waals surface area contributed by atoms with Crippen molar-refractivity contribution in [3.8, 4) is 0 Å². The maximum atomic E-state index is 12.1. The summed E-state index contributed by atoms with van der Waals surface area (Å²) in [6.45, 7) is 2.13. The number of carbonyl (C=O) groups excluding carboxylic acids is 1. The van der Waals surface area contributed by atoms with Gasteiger partial charge in [-0.1, -0.05) is 11.6 Å². The molecular formula is C13H15BrClN3O3. The molecule has 1 aliphatic rings. The average molecular weight is 377 g/mol. The number of piperazine rings is 1. The van der Waals surface area contributed by atoms with Crippen LogP contribution in [0.4, 0.5) is 10.5 Å². The normalized spacial score (nSPS) is 15.8. The minimum absolute atomic E-state index is 0.0117. The molecule has 2 amide bonds. The number of carboxylic acid groups (broad SMARTS) is 1. The van der Waals surface area contributed by atoms with Crippen LogP contribution in [0.1, 0.15) is 0 Å². The number of anilines is 1. The number of amides is 2. The molecule has 21 heavy (non-hydrogen) atoms. The highest BCUT2D eigenvalue weighted by Crippen LogP contribution is 2.25. The highest BCUT2D eigenvalue weighted by Gasteiger charge is 2.22. The first kappa shape index (κ1) is 16.1. The molecule has 0 bridgehead atoms. The Morgan fingerprint density at radius 3 is 2.52 bits per heavy atom. The smallest absolute Gasteiger partial charge is 0.321 e. The molecule has 0 radical (unpaired) electrons. The molecule has 2 N–H and O–H groups in total. The third-order valence-corrected chi connectivity index (χ3v) is 4.42. The van der Waals surface area contributed by atoms with Gasteiger partial charge in [-0.3, -0.25) is 9.69 Å². The van der Waals surface area contributed by atoms with E-state index in [0.29, 0.717) is 36.9 Å². The Labute approximate surface area is 135 Å². The molecule has 0 aliphatic carbocycles. The summed E-state index contributed by atoms with van der Waals surface area (Å²) in [4.78, 5) is 26.2. The minimum atomic E-state index is -0.850. The Morgan fingerprint density at radius 1 is 1.29 bits per heavy atom. The van der Waals surface area contributed by atoms with E-state index in [2.05, 4.69) is 21.2 Å². The van der Waals surface area contributed by atoms with Crippen LogP contribution in [0.5, 0.6) is 0 Å². The van der Waals surface area contributed by atoms with Crippen LogP contribution in [0.2, 0.25) is 5.02 Å². The van der Waals surface area contributed by atoms with Crippen molar-refractivity contribution in [2.45, 2.75) is 0 Å². The number of urea groups is 1. The molecule has 0 atom stereocenters. The maximum Gasteiger partial charge on any atom is 0.321 e. The Morgan fingerprint density at radius 2 is 1.95 bits per heavy atom. The van der Waals surface area contributed by atoms with E-state index < -0.39 is 5.97 Å². The van der Waals surface area contributed by atoms with Gasteiger partial charge in [-0.25, -0.2) is 4.79 Å². The Hall–Kier alpha value is -1.31. The molecule has 1 aliphatic heterocycles. The van der Waals surface area contributed by atoms with Gasteiger partial charge >= 0.3 is 12.0 Å². The number of nitrogens with zero attached hydrogens (tertiary/aromatic N) is 2. The van der Waals surface area contributed by atoms with Crippen molar-refractivity contribution >= 4 is 45.2 Å². The summed E-state index contributed by atoms with van der Waals surface area (Å²) in [7, 11) is 0. The monoisotopic (exact) mass is 375 g/mol. The van der Waals surface area contributed by atoms with Crippen molar-refractivity contribution in [3.05, 3.63) is 27.7 Å². The first-order valence-corrected chi connectivity index (χ1v) is 7.58. The van der Waals surface area contributed by atoms with Crippen molar-refractivity contribution in [3.63, 3.8) is 0 Å². The van der Waals surface area contributed by atoms with Gasteiger partial charge in [-0.15, -0.1) is 0 Å². The molecular weight excluding hydrogens is 362 g/mol. The number of carboxylic acids is 1. The Kier molecular flexibility index (Phi) is 5.44. The summed E-state index contributed by atoms with van der Waals surface area (Å²) in [5.41, 5.74) is 0.626. The molecule has 1 saturated heterocycles. The first-order chi connectivity index (χ1) is 9.95. The average Bonchev–Trinajstić information content (AvgIpc) is 2.43. The van der Waals surface area contributed by atoms with E-state index in [1.807, 2.05) is 4.90 Å². The van der Waals surface area contributed by atoms with Crippen LogP contribution in [0.3, 0.4) is 0 Å². The lowest BCUT2D eigenvalue weighted by molar-refractivity contribution is -0.138. The lowest BCUT2D eigenvalue weighted by atomic mass is 10.3. The predicted octanol–water partition coefficient (Wildman–Crippen LogP) is 2.34. The van der Waals surface area contributed by atoms with Gasteiger partial charge < -0.3 is 15.3 Å². The topological polar surface area (TPSA) is 72.9 Å². The summed E-state index contributed by atoms with van der Waals surface area (Å²) >= 11 is 9.27. The van der Waals surface area contributed by atoms with E-state index in [-0.39, 0.29) is 12.6 Å². The SMILES string of the molecule is O=C(O)CN1CCN(C(=O)Nc2ccc(Br)c(Cl)c2)CC1. The fourth-order valence-corrected chi connectivity index (χ4v) is 2.50. The molecule has 1 heterocycles.